The van der Waals surface area contributed by atoms with Crippen molar-refractivity contribution in [2.45, 2.75) is 26.3 Å². The van der Waals surface area contributed by atoms with E-state index in [1.54, 1.807) is 12.1 Å². The largest absolute Gasteiger partial charge is 0.467 e. The SMILES string of the molecule is COC(=O)C(CC(C)C)Nc1ccc(N)cc1. The zero-order valence-corrected chi connectivity index (χ0v) is 10.6. The Morgan fingerprint density at radius 2 is 1.94 bits per heavy atom. The fourth-order valence-electron chi connectivity index (χ4n) is 1.61. The molecule has 4 nitrogen and oxygen atoms in total. The second-order valence-electron chi connectivity index (χ2n) is 4.47. The quantitative estimate of drug-likeness (QED) is 0.608. The van der Waals surface area contributed by atoms with Crippen LogP contribution >= 0.6 is 0 Å². The van der Waals surface area contributed by atoms with Crippen molar-refractivity contribution in [1.29, 1.82) is 0 Å². The minimum Gasteiger partial charge on any atom is -0.467 e. The Kier molecular flexibility index (Phi) is 4.82. The molecule has 0 aliphatic carbocycles. The molecule has 4 heteroatoms. The van der Waals surface area contributed by atoms with E-state index in [4.69, 9.17) is 10.5 Å². The van der Waals surface area contributed by atoms with E-state index in [-0.39, 0.29) is 12.0 Å². The molecule has 0 fully saturated rings. The Hall–Kier alpha value is -1.71. The van der Waals surface area contributed by atoms with Crippen LogP contribution in [0.15, 0.2) is 24.3 Å². The molecule has 3 N–H and O–H groups in total. The number of nitrogens with two attached hydrogens (primary N) is 1. The molecule has 0 aromatic heterocycles. The van der Waals surface area contributed by atoms with Gasteiger partial charge in [-0.15, -0.1) is 0 Å². The summed E-state index contributed by atoms with van der Waals surface area (Å²) in [6.45, 7) is 4.14. The Balaban J connectivity index is 2.71. The van der Waals surface area contributed by atoms with Crippen molar-refractivity contribution in [3.05, 3.63) is 24.3 Å². The van der Waals surface area contributed by atoms with Crippen molar-refractivity contribution in [2.75, 3.05) is 18.2 Å². The number of carbonyl (C=O) groups excluding carboxylic acids is 1. The molecule has 1 rings (SSSR count). The van der Waals surface area contributed by atoms with Crippen molar-refractivity contribution in [3.63, 3.8) is 0 Å². The van der Waals surface area contributed by atoms with E-state index < -0.39 is 0 Å². The number of anilines is 2. The lowest BCUT2D eigenvalue weighted by Gasteiger charge is -2.19. The Morgan fingerprint density at radius 1 is 1.35 bits per heavy atom. The van der Waals surface area contributed by atoms with Crippen LogP contribution in [0.4, 0.5) is 11.4 Å². The highest BCUT2D eigenvalue weighted by Crippen LogP contribution is 2.15. The summed E-state index contributed by atoms with van der Waals surface area (Å²) in [5.74, 6) is 0.177. The molecule has 1 aromatic carbocycles. The maximum absolute atomic E-state index is 11.6. The van der Waals surface area contributed by atoms with Crippen LogP contribution in [0, 0.1) is 5.92 Å². The maximum Gasteiger partial charge on any atom is 0.328 e. The van der Waals surface area contributed by atoms with Crippen LogP contribution in [-0.2, 0) is 9.53 Å². The summed E-state index contributed by atoms with van der Waals surface area (Å²) < 4.78 is 4.78. The molecule has 0 bridgehead atoms. The number of hydrogen-bond acceptors (Lipinski definition) is 4. The van der Waals surface area contributed by atoms with E-state index in [9.17, 15) is 4.79 Å². The first kappa shape index (κ1) is 13.4. The van der Waals surface area contributed by atoms with Gasteiger partial charge in [0.15, 0.2) is 0 Å². The Labute approximate surface area is 102 Å². The number of nitrogens with one attached hydrogen (secondary N) is 1. The second-order valence-corrected chi connectivity index (χ2v) is 4.47. The molecule has 0 saturated carbocycles. The van der Waals surface area contributed by atoms with Crippen molar-refractivity contribution in [1.82, 2.24) is 0 Å². The van der Waals surface area contributed by atoms with Crippen molar-refractivity contribution >= 4 is 17.3 Å². The Bertz CT molecular complexity index is 360. The normalized spacial score (nSPS) is 12.2. The van der Waals surface area contributed by atoms with Crippen LogP contribution in [0.1, 0.15) is 20.3 Å². The minimum atomic E-state index is -0.316. The summed E-state index contributed by atoms with van der Waals surface area (Å²) >= 11 is 0. The summed E-state index contributed by atoms with van der Waals surface area (Å²) in [5.41, 5.74) is 7.18. The van der Waals surface area contributed by atoms with Gasteiger partial charge in [-0.25, -0.2) is 4.79 Å². The lowest BCUT2D eigenvalue weighted by atomic mass is 10.0. The Morgan fingerprint density at radius 3 is 2.41 bits per heavy atom. The average molecular weight is 236 g/mol. The standard InChI is InChI=1S/C13H20N2O2/c1-9(2)8-12(13(16)17-3)15-11-6-4-10(14)5-7-11/h4-7,9,12,15H,8,14H2,1-3H3. The first-order valence-corrected chi connectivity index (χ1v) is 5.73. The van der Waals surface area contributed by atoms with Gasteiger partial charge in [-0.1, -0.05) is 13.8 Å². The van der Waals surface area contributed by atoms with Gasteiger partial charge in [-0.3, -0.25) is 0 Å². The number of nitrogen functional groups attached to an aromatic ring is 1. The molecule has 1 atom stereocenters. The monoisotopic (exact) mass is 236 g/mol. The minimum absolute atomic E-state index is 0.240. The lowest BCUT2D eigenvalue weighted by Crippen LogP contribution is -2.32. The summed E-state index contributed by atoms with van der Waals surface area (Å²) in [7, 11) is 1.40. The number of ether oxygens (including phenoxy) is 1. The van der Waals surface area contributed by atoms with Gasteiger partial charge in [0, 0.05) is 11.4 Å². The molecule has 94 valence electrons. The third-order valence-electron chi connectivity index (χ3n) is 2.44. The predicted molar refractivity (Wildman–Crippen MR) is 69.7 cm³/mol. The number of benzene rings is 1. The highest BCUT2D eigenvalue weighted by Gasteiger charge is 2.19. The van der Waals surface area contributed by atoms with Crippen molar-refractivity contribution < 1.29 is 9.53 Å². The lowest BCUT2D eigenvalue weighted by molar-refractivity contribution is -0.141. The first-order chi connectivity index (χ1) is 8.02. The van der Waals surface area contributed by atoms with Gasteiger partial charge in [0.2, 0.25) is 0 Å². The summed E-state index contributed by atoms with van der Waals surface area (Å²) in [6.07, 6.45) is 0.733. The molecule has 1 unspecified atom stereocenters. The smallest absolute Gasteiger partial charge is 0.328 e. The fourth-order valence-corrected chi connectivity index (χ4v) is 1.61. The molecule has 0 aliphatic rings. The molecule has 0 saturated heterocycles. The molecule has 0 heterocycles. The maximum atomic E-state index is 11.6. The first-order valence-electron chi connectivity index (χ1n) is 5.73. The number of carbonyl (C=O) groups is 1. The van der Waals surface area contributed by atoms with Gasteiger partial charge in [0.1, 0.15) is 6.04 Å². The molecule has 0 spiro atoms. The summed E-state index contributed by atoms with van der Waals surface area (Å²) in [4.78, 5) is 11.6. The highest BCUT2D eigenvalue weighted by atomic mass is 16.5. The van der Waals surface area contributed by atoms with Crippen LogP contribution in [0.25, 0.3) is 0 Å². The number of hydrogen-bond donors (Lipinski definition) is 2. The molecule has 1 aromatic rings. The van der Waals surface area contributed by atoms with Crippen LogP contribution in [0.3, 0.4) is 0 Å². The van der Waals surface area contributed by atoms with E-state index in [0.29, 0.717) is 11.6 Å². The van der Waals surface area contributed by atoms with Gasteiger partial charge in [-0.2, -0.15) is 0 Å². The van der Waals surface area contributed by atoms with Crippen LogP contribution in [0.2, 0.25) is 0 Å². The third-order valence-corrected chi connectivity index (χ3v) is 2.44. The topological polar surface area (TPSA) is 64.3 Å². The van der Waals surface area contributed by atoms with E-state index >= 15 is 0 Å². The van der Waals surface area contributed by atoms with Gasteiger partial charge in [-0.05, 0) is 36.6 Å². The summed E-state index contributed by atoms with van der Waals surface area (Å²) in [5, 5.41) is 3.16. The van der Waals surface area contributed by atoms with Crippen molar-refractivity contribution in [3.8, 4) is 0 Å². The van der Waals surface area contributed by atoms with E-state index in [1.807, 2.05) is 12.1 Å². The fraction of sp³-hybridized carbons (Fsp3) is 0.462. The van der Waals surface area contributed by atoms with Gasteiger partial charge in [0.05, 0.1) is 7.11 Å². The molecular formula is C13H20N2O2. The summed E-state index contributed by atoms with van der Waals surface area (Å²) in [6, 6.07) is 6.98. The van der Waals surface area contributed by atoms with E-state index in [0.717, 1.165) is 12.1 Å². The number of methoxy groups -OCH3 is 1. The average Bonchev–Trinajstić information content (AvgIpc) is 2.29. The molecule has 0 aliphatic heterocycles. The van der Waals surface area contributed by atoms with Crippen LogP contribution in [0.5, 0.6) is 0 Å². The van der Waals surface area contributed by atoms with Crippen LogP contribution in [-0.4, -0.2) is 19.1 Å². The third kappa shape index (κ3) is 4.34. The zero-order valence-electron chi connectivity index (χ0n) is 10.6. The molecule has 17 heavy (non-hydrogen) atoms. The second kappa shape index (κ2) is 6.13. The van der Waals surface area contributed by atoms with Crippen LogP contribution < -0.4 is 11.1 Å². The van der Waals surface area contributed by atoms with Crippen molar-refractivity contribution in [2.24, 2.45) is 5.92 Å². The molecule has 0 radical (unpaired) electrons. The van der Waals surface area contributed by atoms with E-state index in [1.165, 1.54) is 7.11 Å². The van der Waals surface area contributed by atoms with Gasteiger partial charge in [0.25, 0.3) is 0 Å². The highest BCUT2D eigenvalue weighted by molar-refractivity contribution is 5.79. The zero-order chi connectivity index (χ0) is 12.8. The number of esters is 1. The van der Waals surface area contributed by atoms with Gasteiger partial charge >= 0.3 is 5.97 Å². The molecule has 0 amide bonds. The predicted octanol–water partition coefficient (Wildman–Crippen LogP) is 2.27. The van der Waals surface area contributed by atoms with E-state index in [2.05, 4.69) is 19.2 Å². The number of rotatable bonds is 5. The molecular weight excluding hydrogens is 216 g/mol. The van der Waals surface area contributed by atoms with Gasteiger partial charge < -0.3 is 15.8 Å².